The molecule has 1 aliphatic heterocycles. The minimum Gasteiger partial charge on any atom is -0.350 e. The Kier molecular flexibility index (Phi) is 6.09. The van der Waals surface area contributed by atoms with E-state index in [1.165, 1.54) is 6.42 Å². The monoisotopic (exact) mass is 372 g/mol. The first kappa shape index (κ1) is 18.6. The third-order valence-corrected chi connectivity index (χ3v) is 4.88. The Hall–Kier alpha value is -2.14. The van der Waals surface area contributed by atoms with Crippen LogP contribution >= 0.6 is 11.6 Å². The second-order valence-electron chi connectivity index (χ2n) is 7.02. The van der Waals surface area contributed by atoms with Crippen molar-refractivity contribution in [3.05, 3.63) is 52.3 Å². The molecule has 1 aromatic carbocycles. The maximum atomic E-state index is 12.5. The molecule has 1 aromatic heterocycles. The number of rotatable bonds is 5. The van der Waals surface area contributed by atoms with Crippen LogP contribution in [0.2, 0.25) is 5.02 Å². The van der Waals surface area contributed by atoms with E-state index in [2.05, 4.69) is 27.1 Å². The fourth-order valence-electron chi connectivity index (χ4n) is 3.24. The van der Waals surface area contributed by atoms with Crippen LogP contribution in [0.1, 0.15) is 41.5 Å². The van der Waals surface area contributed by atoms with Gasteiger partial charge in [-0.15, -0.1) is 0 Å². The normalized spacial score (nSPS) is 17.2. The number of nitrogens with one attached hydrogen (secondary N) is 1. The number of aryl methyl sites for hydroxylation is 1. The van der Waals surface area contributed by atoms with Crippen molar-refractivity contribution in [2.45, 2.75) is 33.1 Å². The van der Waals surface area contributed by atoms with E-state index in [0.29, 0.717) is 29.1 Å². The smallest absolute Gasteiger partial charge is 0.270 e. The quantitative estimate of drug-likeness (QED) is 0.870. The van der Waals surface area contributed by atoms with Crippen LogP contribution in [0.5, 0.6) is 0 Å². The number of carbonyl (C=O) groups excluding carboxylic acids is 1. The predicted molar refractivity (Wildman–Crippen MR) is 105 cm³/mol. The van der Waals surface area contributed by atoms with Crippen LogP contribution in [-0.4, -0.2) is 35.5 Å². The Bertz CT molecular complexity index is 763. The van der Waals surface area contributed by atoms with E-state index in [-0.39, 0.29) is 5.91 Å². The molecule has 0 spiro atoms. The lowest BCUT2D eigenvalue weighted by atomic mass is 10.0. The van der Waals surface area contributed by atoms with Gasteiger partial charge in [0, 0.05) is 30.4 Å². The van der Waals surface area contributed by atoms with Crippen LogP contribution in [0.4, 0.5) is 5.95 Å². The summed E-state index contributed by atoms with van der Waals surface area (Å²) in [5, 5.41) is 3.66. The molecule has 0 bridgehead atoms. The number of benzene rings is 1. The van der Waals surface area contributed by atoms with Crippen molar-refractivity contribution in [2.75, 3.05) is 24.5 Å². The Morgan fingerprint density at radius 2 is 2.08 bits per heavy atom. The lowest BCUT2D eigenvalue weighted by molar-refractivity contribution is 0.0949. The zero-order chi connectivity index (χ0) is 18.5. The first-order valence-electron chi connectivity index (χ1n) is 9.14. The van der Waals surface area contributed by atoms with Crippen molar-refractivity contribution in [3.63, 3.8) is 0 Å². The maximum Gasteiger partial charge on any atom is 0.270 e. The molecule has 0 aliphatic carbocycles. The Morgan fingerprint density at radius 1 is 1.31 bits per heavy atom. The van der Waals surface area contributed by atoms with E-state index in [1.54, 1.807) is 6.07 Å². The average Bonchev–Trinajstić information content (AvgIpc) is 2.63. The first-order chi connectivity index (χ1) is 12.5. The molecule has 0 radical (unpaired) electrons. The van der Waals surface area contributed by atoms with Crippen LogP contribution in [-0.2, 0) is 6.42 Å². The van der Waals surface area contributed by atoms with Crippen LogP contribution in [0, 0.1) is 12.8 Å². The molecule has 1 N–H and O–H groups in total. The summed E-state index contributed by atoms with van der Waals surface area (Å²) in [7, 11) is 0. The summed E-state index contributed by atoms with van der Waals surface area (Å²) in [6, 6.07) is 9.41. The van der Waals surface area contributed by atoms with Crippen molar-refractivity contribution in [1.29, 1.82) is 0 Å². The second-order valence-corrected chi connectivity index (χ2v) is 7.46. The maximum absolute atomic E-state index is 12.5. The van der Waals surface area contributed by atoms with E-state index >= 15 is 0 Å². The van der Waals surface area contributed by atoms with Crippen LogP contribution in [0.25, 0.3) is 0 Å². The number of hydrogen-bond acceptors (Lipinski definition) is 4. The average molecular weight is 373 g/mol. The number of halogens is 1. The van der Waals surface area contributed by atoms with Crippen LogP contribution < -0.4 is 10.2 Å². The number of piperidine rings is 1. The summed E-state index contributed by atoms with van der Waals surface area (Å²) in [5.74, 6) is 1.14. The zero-order valence-corrected chi connectivity index (χ0v) is 16.1. The molecule has 1 aliphatic rings. The summed E-state index contributed by atoms with van der Waals surface area (Å²) in [5.41, 5.74) is 2.38. The van der Waals surface area contributed by atoms with Gasteiger partial charge in [-0.25, -0.2) is 9.97 Å². The highest BCUT2D eigenvalue weighted by atomic mass is 35.5. The van der Waals surface area contributed by atoms with Gasteiger partial charge in [-0.3, -0.25) is 4.79 Å². The van der Waals surface area contributed by atoms with Gasteiger partial charge in [0.1, 0.15) is 5.69 Å². The number of aromatic nitrogens is 2. The van der Waals surface area contributed by atoms with Crippen molar-refractivity contribution in [1.82, 2.24) is 15.3 Å². The fourth-order valence-corrected chi connectivity index (χ4v) is 3.37. The van der Waals surface area contributed by atoms with Gasteiger partial charge in [-0.05, 0) is 55.9 Å². The molecule has 26 heavy (non-hydrogen) atoms. The fraction of sp³-hybridized carbons (Fsp3) is 0.450. The van der Waals surface area contributed by atoms with Crippen molar-refractivity contribution in [2.24, 2.45) is 5.92 Å². The Balaban J connectivity index is 1.62. The summed E-state index contributed by atoms with van der Waals surface area (Å²) in [6.07, 6.45) is 3.13. The molecule has 2 heterocycles. The Labute approximate surface area is 159 Å². The minimum absolute atomic E-state index is 0.157. The number of carbonyl (C=O) groups is 1. The highest BCUT2D eigenvalue weighted by molar-refractivity contribution is 6.30. The van der Waals surface area contributed by atoms with Crippen LogP contribution in [0.15, 0.2) is 30.3 Å². The molecule has 2 aromatic rings. The Morgan fingerprint density at radius 3 is 2.81 bits per heavy atom. The van der Waals surface area contributed by atoms with E-state index in [9.17, 15) is 4.79 Å². The van der Waals surface area contributed by atoms with Gasteiger partial charge >= 0.3 is 0 Å². The van der Waals surface area contributed by atoms with E-state index < -0.39 is 0 Å². The third kappa shape index (κ3) is 4.94. The van der Waals surface area contributed by atoms with Gasteiger partial charge in [0.2, 0.25) is 5.95 Å². The molecule has 1 fully saturated rings. The molecule has 3 rings (SSSR count). The topological polar surface area (TPSA) is 58.1 Å². The van der Waals surface area contributed by atoms with Gasteiger partial charge in [-0.1, -0.05) is 30.7 Å². The van der Waals surface area contributed by atoms with Crippen LogP contribution in [0.3, 0.4) is 0 Å². The highest BCUT2D eigenvalue weighted by Crippen LogP contribution is 2.20. The predicted octanol–water partition coefficient (Wildman–Crippen LogP) is 3.65. The molecule has 1 saturated heterocycles. The van der Waals surface area contributed by atoms with E-state index in [0.717, 1.165) is 37.2 Å². The second kappa shape index (κ2) is 8.49. The standard InChI is InChI=1S/C20H25ClN4O/c1-14-4-3-11-25(13-14)20-23-15(2)12-18(24-20)19(26)22-10-9-16-5-7-17(21)8-6-16/h5-8,12,14H,3-4,9-11,13H2,1-2H3,(H,22,26). The molecule has 138 valence electrons. The summed E-state index contributed by atoms with van der Waals surface area (Å²) in [6.45, 7) is 6.60. The largest absolute Gasteiger partial charge is 0.350 e. The third-order valence-electron chi connectivity index (χ3n) is 4.63. The lowest BCUT2D eigenvalue weighted by Crippen LogP contribution is -2.36. The molecular formula is C20H25ClN4O. The minimum atomic E-state index is -0.157. The number of nitrogens with zero attached hydrogens (tertiary/aromatic N) is 3. The summed E-state index contributed by atoms with van der Waals surface area (Å²) < 4.78 is 0. The molecule has 5 nitrogen and oxygen atoms in total. The highest BCUT2D eigenvalue weighted by Gasteiger charge is 2.20. The van der Waals surface area contributed by atoms with Crippen molar-refractivity contribution in [3.8, 4) is 0 Å². The SMILES string of the molecule is Cc1cc(C(=O)NCCc2ccc(Cl)cc2)nc(N2CCCC(C)C2)n1. The van der Waals surface area contributed by atoms with Gasteiger partial charge in [0.15, 0.2) is 0 Å². The summed E-state index contributed by atoms with van der Waals surface area (Å²) in [4.78, 5) is 23.7. The number of amides is 1. The molecule has 1 unspecified atom stereocenters. The van der Waals surface area contributed by atoms with Gasteiger partial charge in [0.05, 0.1) is 0 Å². The van der Waals surface area contributed by atoms with Gasteiger partial charge in [-0.2, -0.15) is 0 Å². The van der Waals surface area contributed by atoms with E-state index in [4.69, 9.17) is 11.6 Å². The molecule has 1 atom stereocenters. The molecule has 1 amide bonds. The zero-order valence-electron chi connectivity index (χ0n) is 15.3. The summed E-state index contributed by atoms with van der Waals surface area (Å²) >= 11 is 5.89. The van der Waals surface area contributed by atoms with Crippen molar-refractivity contribution >= 4 is 23.5 Å². The van der Waals surface area contributed by atoms with Crippen molar-refractivity contribution < 1.29 is 4.79 Å². The number of anilines is 1. The van der Waals surface area contributed by atoms with Gasteiger partial charge in [0.25, 0.3) is 5.91 Å². The molecule has 6 heteroatoms. The molecule has 0 saturated carbocycles. The molecular weight excluding hydrogens is 348 g/mol. The van der Waals surface area contributed by atoms with E-state index in [1.807, 2.05) is 31.2 Å². The number of hydrogen-bond donors (Lipinski definition) is 1. The first-order valence-corrected chi connectivity index (χ1v) is 9.52. The van der Waals surface area contributed by atoms with Gasteiger partial charge < -0.3 is 10.2 Å². The lowest BCUT2D eigenvalue weighted by Gasteiger charge is -2.31.